The molecule has 380 valence electrons. The van der Waals surface area contributed by atoms with Crippen LogP contribution < -0.4 is 0 Å². The first-order valence-corrected chi connectivity index (χ1v) is 25.4. The van der Waals surface area contributed by atoms with Crippen molar-refractivity contribution in [2.45, 2.75) is 202 Å². The number of aliphatic carboxylic acids is 2. The lowest BCUT2D eigenvalue weighted by Crippen LogP contribution is -2.68. The summed E-state index contributed by atoms with van der Waals surface area (Å²) in [6, 6.07) is 0. The molecular weight excluding hydrogens is 865 g/mol. The fourth-order valence-corrected chi connectivity index (χ4v) is 16.0. The Morgan fingerprint density at radius 1 is 0.761 bits per heavy atom. The molecule has 0 bridgehead atoms. The van der Waals surface area contributed by atoms with Gasteiger partial charge in [0.05, 0.1) is 49.1 Å². The highest BCUT2D eigenvalue weighted by Crippen LogP contribution is 2.76. The summed E-state index contributed by atoms with van der Waals surface area (Å²) in [5.74, 6) is -4.11. The number of hydrogen-bond acceptors (Lipinski definition) is 13. The maximum absolute atomic E-state index is 14.0. The maximum atomic E-state index is 14.0. The van der Waals surface area contributed by atoms with Crippen molar-refractivity contribution in [2.75, 3.05) is 13.2 Å². The van der Waals surface area contributed by atoms with Crippen LogP contribution in [0.5, 0.6) is 0 Å². The standard InChI is InChI=1S/C52H82O15/c1-25-26(2)33(22-53)63-44(27(25)3)67-41-39(65-43-28(4)38(57)32(55)23-62-43)29(5)40(42(58)59)66-45(41)64-37-15-16-48(8)34(49(37,9)24-54)14-17-50(10)35(48)13-12-30-31-20-47(6,7)18-19-52(31,46(60)61)36(56)21-51(30,50)11/h12,24-29,31-41,43-45,53,55-57H,13-23H2,1-11H3,(H,58,59)(H,60,61)/t25-,26+,27?,28?,29-,31?,32+,33?,34+,35?,36?,37-,38+,39-,40?,41?,43-,44-,45+,48?,49+,50-,51+,52+/m0/s1. The predicted octanol–water partition coefficient (Wildman–Crippen LogP) is 5.96. The lowest BCUT2D eigenvalue weighted by molar-refractivity contribution is -0.377. The number of aldehydes is 1. The van der Waals surface area contributed by atoms with Crippen LogP contribution in [-0.4, -0.2) is 130 Å². The third-order valence-electron chi connectivity index (χ3n) is 20.9. The molecule has 8 rings (SSSR count). The van der Waals surface area contributed by atoms with Gasteiger partial charge in [-0.25, -0.2) is 4.79 Å². The van der Waals surface area contributed by atoms with Gasteiger partial charge in [-0.1, -0.05) is 87.8 Å². The summed E-state index contributed by atoms with van der Waals surface area (Å²) in [7, 11) is 0. The molecular formula is C52H82O15. The smallest absolute Gasteiger partial charge is 0.333 e. The van der Waals surface area contributed by atoms with Gasteiger partial charge in [0, 0.05) is 17.8 Å². The third-order valence-corrected chi connectivity index (χ3v) is 20.9. The van der Waals surface area contributed by atoms with E-state index in [0.29, 0.717) is 38.5 Å². The van der Waals surface area contributed by atoms with E-state index in [1.807, 2.05) is 20.8 Å². The first-order valence-electron chi connectivity index (χ1n) is 25.4. The number of carboxylic acid groups (broad SMARTS) is 2. The molecule has 24 atom stereocenters. The number of carbonyl (C=O) groups is 3. The summed E-state index contributed by atoms with van der Waals surface area (Å²) in [5.41, 5.74) is -2.31. The molecule has 0 amide bonds. The third kappa shape index (κ3) is 7.84. The number of hydrogen-bond donors (Lipinski definition) is 6. The second-order valence-corrected chi connectivity index (χ2v) is 24.7. The van der Waals surface area contributed by atoms with E-state index in [0.717, 1.165) is 25.5 Å². The Morgan fingerprint density at radius 2 is 1.45 bits per heavy atom. The lowest BCUT2D eigenvalue weighted by atomic mass is 9.33. The number of allylic oxidation sites excluding steroid dienone is 2. The minimum absolute atomic E-state index is 0.0122. The summed E-state index contributed by atoms with van der Waals surface area (Å²) in [5, 5.41) is 65.3. The summed E-state index contributed by atoms with van der Waals surface area (Å²) in [6.45, 7) is 22.3. The molecule has 0 aromatic rings. The summed E-state index contributed by atoms with van der Waals surface area (Å²) in [4.78, 5) is 40.3. The van der Waals surface area contributed by atoms with Crippen molar-refractivity contribution in [1.82, 2.24) is 0 Å². The van der Waals surface area contributed by atoms with Crippen LogP contribution in [0, 0.1) is 79.8 Å². The molecule has 7 fully saturated rings. The van der Waals surface area contributed by atoms with Gasteiger partial charge in [-0.3, -0.25) is 4.79 Å². The molecule has 6 N–H and O–H groups in total. The van der Waals surface area contributed by atoms with Gasteiger partial charge in [0.2, 0.25) is 0 Å². The van der Waals surface area contributed by atoms with E-state index in [4.69, 9.17) is 28.4 Å². The molecule has 0 aromatic heterocycles. The Kier molecular flexibility index (Phi) is 13.7. The second kappa shape index (κ2) is 17.9. The van der Waals surface area contributed by atoms with Crippen molar-refractivity contribution < 1.29 is 73.4 Å². The SMILES string of the molecule is CC1[C@H](OC2[C@H](O[C@H]3CCC4(C)C5CC=C6C7CC(C)(C)CC[C@]7(C(=O)O)C(O)C[C@@]6(C)[C@@]5(C)CC[C@H]4[C@@]3(C)C=O)OC(C(=O)O)[C@@H](C)[C@@H]2O[C@@H]2OC[C@@H](O)[C@H](O)C2C)OC(CO)[C@H](C)[C@@H]1C. The monoisotopic (exact) mass is 947 g/mol. The van der Waals surface area contributed by atoms with E-state index in [1.165, 1.54) is 5.57 Å². The van der Waals surface area contributed by atoms with Crippen LogP contribution in [0.3, 0.4) is 0 Å². The van der Waals surface area contributed by atoms with Crippen molar-refractivity contribution >= 4 is 18.2 Å². The average molecular weight is 947 g/mol. The van der Waals surface area contributed by atoms with Gasteiger partial charge in [-0.2, -0.15) is 0 Å². The van der Waals surface area contributed by atoms with E-state index < -0.39 is 108 Å². The van der Waals surface area contributed by atoms with Gasteiger partial charge in [0.1, 0.15) is 23.9 Å². The van der Waals surface area contributed by atoms with Crippen LogP contribution in [0.1, 0.15) is 134 Å². The number of ether oxygens (including phenoxy) is 6. The van der Waals surface area contributed by atoms with Crippen LogP contribution in [0.15, 0.2) is 11.6 Å². The van der Waals surface area contributed by atoms with Crippen molar-refractivity contribution in [3.05, 3.63) is 11.6 Å². The Hall–Kier alpha value is -2.05. The number of aliphatic hydroxyl groups excluding tert-OH is 4. The molecule has 3 heterocycles. The fraction of sp³-hybridized carbons (Fsp3) is 0.904. The van der Waals surface area contributed by atoms with Crippen molar-refractivity contribution in [3.63, 3.8) is 0 Å². The van der Waals surface area contributed by atoms with Crippen LogP contribution in [0.2, 0.25) is 0 Å². The fourth-order valence-electron chi connectivity index (χ4n) is 16.0. The minimum Gasteiger partial charge on any atom is -0.481 e. The van der Waals surface area contributed by atoms with Crippen LogP contribution in [0.25, 0.3) is 0 Å². The zero-order valence-electron chi connectivity index (χ0n) is 41.8. The molecule has 3 saturated heterocycles. The van der Waals surface area contributed by atoms with E-state index in [1.54, 1.807) is 13.8 Å². The Morgan fingerprint density at radius 3 is 2.09 bits per heavy atom. The highest BCUT2D eigenvalue weighted by atomic mass is 16.8. The molecule has 9 unspecified atom stereocenters. The Labute approximate surface area is 397 Å². The number of fused-ring (bicyclic) bond motifs is 7. The molecule has 0 spiro atoms. The molecule has 15 nitrogen and oxygen atoms in total. The van der Waals surface area contributed by atoms with E-state index in [9.17, 15) is 45.0 Å². The largest absolute Gasteiger partial charge is 0.481 e. The number of carboxylic acids is 2. The van der Waals surface area contributed by atoms with Crippen LogP contribution in [-0.2, 0) is 42.8 Å². The lowest BCUT2D eigenvalue weighted by Gasteiger charge is -2.71. The molecule has 0 radical (unpaired) electrons. The first-order chi connectivity index (χ1) is 31.3. The van der Waals surface area contributed by atoms with E-state index in [-0.39, 0.29) is 65.0 Å². The second-order valence-electron chi connectivity index (χ2n) is 24.7. The summed E-state index contributed by atoms with van der Waals surface area (Å²) < 4.78 is 39.5. The Balaban J connectivity index is 1.13. The molecule has 67 heavy (non-hydrogen) atoms. The zero-order valence-corrected chi connectivity index (χ0v) is 41.8. The quantitative estimate of drug-likeness (QED) is 0.0844. The molecule has 3 aliphatic heterocycles. The van der Waals surface area contributed by atoms with Gasteiger partial charge in [0.25, 0.3) is 0 Å². The highest BCUT2D eigenvalue weighted by Gasteiger charge is 2.72. The molecule has 8 aliphatic rings. The maximum Gasteiger partial charge on any atom is 0.333 e. The van der Waals surface area contributed by atoms with Gasteiger partial charge in [-0.05, 0) is 109 Å². The molecule has 5 aliphatic carbocycles. The Bertz CT molecular complexity index is 1910. The topological polar surface area (TPSA) is 228 Å². The first kappa shape index (κ1) is 51.3. The number of carbonyl (C=O) groups excluding carboxylic acids is 1. The normalized spacial score (nSPS) is 54.0. The molecule has 15 heteroatoms. The number of rotatable bonds is 10. The molecule has 4 saturated carbocycles. The van der Waals surface area contributed by atoms with Gasteiger partial charge >= 0.3 is 11.9 Å². The van der Waals surface area contributed by atoms with Crippen LogP contribution in [0.4, 0.5) is 0 Å². The molecule has 0 aromatic carbocycles. The highest BCUT2D eigenvalue weighted by molar-refractivity contribution is 5.77. The van der Waals surface area contributed by atoms with E-state index >= 15 is 0 Å². The van der Waals surface area contributed by atoms with Crippen molar-refractivity contribution in [1.29, 1.82) is 0 Å². The van der Waals surface area contributed by atoms with Crippen molar-refractivity contribution in [3.8, 4) is 0 Å². The van der Waals surface area contributed by atoms with Gasteiger partial charge in [0.15, 0.2) is 25.0 Å². The summed E-state index contributed by atoms with van der Waals surface area (Å²) in [6.07, 6.45) is -2.57. The minimum atomic E-state index is -1.42. The van der Waals surface area contributed by atoms with Crippen LogP contribution >= 0.6 is 0 Å². The summed E-state index contributed by atoms with van der Waals surface area (Å²) >= 11 is 0. The van der Waals surface area contributed by atoms with Gasteiger partial charge in [-0.15, -0.1) is 0 Å². The zero-order chi connectivity index (χ0) is 49.1. The van der Waals surface area contributed by atoms with Crippen molar-refractivity contribution in [2.24, 2.45) is 79.8 Å². The van der Waals surface area contributed by atoms with Gasteiger partial charge < -0.3 is 63.9 Å². The van der Waals surface area contributed by atoms with E-state index in [2.05, 4.69) is 47.6 Å². The number of aliphatic hydroxyl groups is 4. The average Bonchev–Trinajstić information content (AvgIpc) is 3.26. The predicted molar refractivity (Wildman–Crippen MR) is 243 cm³/mol.